The molecule has 1 aromatic carbocycles. The lowest BCUT2D eigenvalue weighted by Crippen LogP contribution is -2.44. The van der Waals surface area contributed by atoms with Gasteiger partial charge in [-0.1, -0.05) is 39.8 Å². The summed E-state index contributed by atoms with van der Waals surface area (Å²) < 4.78 is 48.5. The molecule has 32 heavy (non-hydrogen) atoms. The molecule has 0 saturated carbocycles. The van der Waals surface area contributed by atoms with Gasteiger partial charge >= 0.3 is 6.36 Å². The topological polar surface area (TPSA) is 33.7 Å². The second-order valence-electron chi connectivity index (χ2n) is 9.68. The van der Waals surface area contributed by atoms with E-state index in [4.69, 9.17) is 4.43 Å². The number of ether oxygens (including phenoxy) is 1. The molecule has 188 valence electrons. The number of nitrogens with zero attached hydrogens (tertiary/aromatic N) is 1. The summed E-state index contributed by atoms with van der Waals surface area (Å²) in [7, 11) is -1.82. The van der Waals surface area contributed by atoms with Crippen molar-refractivity contribution in [2.45, 2.75) is 77.2 Å². The van der Waals surface area contributed by atoms with Crippen LogP contribution in [0.15, 0.2) is 24.3 Å². The molecule has 1 aromatic rings. The van der Waals surface area contributed by atoms with E-state index in [0.29, 0.717) is 0 Å². The molecular weight excluding hydrogens is 473 g/mol. The number of halogens is 3. The van der Waals surface area contributed by atoms with E-state index in [-0.39, 0.29) is 49.9 Å². The fourth-order valence-corrected chi connectivity index (χ4v) is 4.82. The van der Waals surface area contributed by atoms with Crippen molar-refractivity contribution in [2.24, 2.45) is 0 Å². The lowest BCUT2D eigenvalue weighted by Gasteiger charge is -2.38. The van der Waals surface area contributed by atoms with Gasteiger partial charge in [0.25, 0.3) is 0 Å². The molecule has 0 unspecified atom stereocenters. The molecule has 0 aliphatic carbocycles. The molecule has 1 heterocycles. The standard InChI is InChI=1S/C22H37F3N2O2Si.2H2S/c1-7-12-26-20(17-9-8-10-18(14-17)28-22(23,24)25)16-27-13-11-19(15-27)29-30(5,6)21(2,3)4;;/h8-10,14,19-20,26H,7,11-13,15-16H2,1-6H3;2*1H2/t19-,20+;;/m0../s1. The van der Waals surface area contributed by atoms with E-state index >= 15 is 0 Å². The minimum atomic E-state index is -4.69. The molecule has 2 atom stereocenters. The fourth-order valence-electron chi connectivity index (χ4n) is 3.45. The number of nitrogens with one attached hydrogen (secondary N) is 1. The van der Waals surface area contributed by atoms with E-state index in [1.165, 1.54) is 12.1 Å². The van der Waals surface area contributed by atoms with Crippen LogP contribution < -0.4 is 10.1 Å². The fraction of sp³-hybridized carbons (Fsp3) is 0.727. The van der Waals surface area contributed by atoms with Gasteiger partial charge in [0, 0.05) is 25.7 Å². The number of likely N-dealkylation sites (tertiary alicyclic amines) is 1. The summed E-state index contributed by atoms with van der Waals surface area (Å²) in [4.78, 5) is 2.35. The Balaban J connectivity index is 0.00000480. The molecule has 0 spiro atoms. The van der Waals surface area contributed by atoms with Crippen LogP contribution in [-0.4, -0.2) is 51.9 Å². The maximum Gasteiger partial charge on any atom is 0.573 e. The molecule has 1 aliphatic rings. The summed E-state index contributed by atoms with van der Waals surface area (Å²) in [6.45, 7) is 16.7. The van der Waals surface area contributed by atoms with Crippen molar-refractivity contribution in [3.05, 3.63) is 29.8 Å². The summed E-state index contributed by atoms with van der Waals surface area (Å²) in [6, 6.07) is 6.24. The van der Waals surface area contributed by atoms with Crippen LogP contribution in [0.5, 0.6) is 5.75 Å². The Labute approximate surface area is 206 Å². The third-order valence-corrected chi connectivity index (χ3v) is 10.6. The molecule has 2 rings (SSSR count). The van der Waals surface area contributed by atoms with Gasteiger partial charge in [-0.15, -0.1) is 13.2 Å². The molecule has 1 N–H and O–H groups in total. The van der Waals surface area contributed by atoms with Crippen molar-refractivity contribution in [3.8, 4) is 5.75 Å². The van der Waals surface area contributed by atoms with Gasteiger partial charge in [0.2, 0.25) is 0 Å². The van der Waals surface area contributed by atoms with E-state index in [9.17, 15) is 13.2 Å². The largest absolute Gasteiger partial charge is 0.573 e. The van der Waals surface area contributed by atoms with Gasteiger partial charge in [0.15, 0.2) is 8.32 Å². The first-order valence-electron chi connectivity index (χ1n) is 10.8. The lowest BCUT2D eigenvalue weighted by atomic mass is 10.1. The van der Waals surface area contributed by atoms with Gasteiger partial charge in [0.1, 0.15) is 5.75 Å². The average Bonchev–Trinajstić information content (AvgIpc) is 3.02. The number of hydrogen-bond donors (Lipinski definition) is 1. The molecule has 10 heteroatoms. The average molecular weight is 515 g/mol. The van der Waals surface area contributed by atoms with Crippen molar-refractivity contribution in [1.29, 1.82) is 0 Å². The Morgan fingerprint density at radius 3 is 2.41 bits per heavy atom. The predicted octanol–water partition coefficient (Wildman–Crippen LogP) is 5.95. The van der Waals surface area contributed by atoms with E-state index in [1.54, 1.807) is 6.07 Å². The Hall–Kier alpha value is -0.393. The Bertz CT molecular complexity index is 688. The molecule has 0 aromatic heterocycles. The maximum absolute atomic E-state index is 12.6. The zero-order valence-corrected chi connectivity index (χ0v) is 23.1. The molecule has 0 bridgehead atoms. The zero-order chi connectivity index (χ0) is 22.6. The first-order chi connectivity index (χ1) is 13.8. The van der Waals surface area contributed by atoms with E-state index < -0.39 is 14.7 Å². The summed E-state index contributed by atoms with van der Waals surface area (Å²) >= 11 is 0. The number of hydrogen-bond acceptors (Lipinski definition) is 4. The third-order valence-electron chi connectivity index (χ3n) is 6.07. The normalized spacial score (nSPS) is 18.6. The van der Waals surface area contributed by atoms with E-state index in [0.717, 1.165) is 44.6 Å². The van der Waals surface area contributed by atoms with E-state index in [1.807, 2.05) is 6.07 Å². The highest BCUT2D eigenvalue weighted by Crippen LogP contribution is 2.38. The van der Waals surface area contributed by atoms with Gasteiger partial charge in [0.05, 0.1) is 6.10 Å². The van der Waals surface area contributed by atoms with Crippen molar-refractivity contribution in [2.75, 3.05) is 26.2 Å². The van der Waals surface area contributed by atoms with Gasteiger partial charge in [-0.3, -0.25) is 4.90 Å². The van der Waals surface area contributed by atoms with Gasteiger partial charge in [-0.25, -0.2) is 0 Å². The molecule has 1 fully saturated rings. The van der Waals surface area contributed by atoms with Crippen LogP contribution in [-0.2, 0) is 4.43 Å². The van der Waals surface area contributed by atoms with Crippen molar-refractivity contribution in [1.82, 2.24) is 10.2 Å². The van der Waals surface area contributed by atoms with Crippen LogP contribution in [0.3, 0.4) is 0 Å². The van der Waals surface area contributed by atoms with Crippen LogP contribution >= 0.6 is 27.0 Å². The van der Waals surface area contributed by atoms with Gasteiger partial charge in [-0.2, -0.15) is 27.0 Å². The Morgan fingerprint density at radius 2 is 1.84 bits per heavy atom. The maximum atomic E-state index is 12.6. The van der Waals surface area contributed by atoms with Gasteiger partial charge < -0.3 is 14.5 Å². The number of benzene rings is 1. The van der Waals surface area contributed by atoms with Crippen molar-refractivity contribution < 1.29 is 22.3 Å². The summed E-state index contributed by atoms with van der Waals surface area (Å²) in [6.07, 6.45) is -2.53. The summed E-state index contributed by atoms with van der Waals surface area (Å²) in [5.74, 6) is -0.177. The summed E-state index contributed by atoms with van der Waals surface area (Å²) in [5, 5.41) is 3.65. The minimum absolute atomic E-state index is 0. The second kappa shape index (κ2) is 12.9. The highest BCUT2D eigenvalue weighted by atomic mass is 32.1. The monoisotopic (exact) mass is 514 g/mol. The molecular formula is C22H41F3N2O2S2Si. The van der Waals surface area contributed by atoms with Crippen LogP contribution in [0.2, 0.25) is 18.1 Å². The van der Waals surface area contributed by atoms with E-state index in [2.05, 4.69) is 55.7 Å². The first-order valence-corrected chi connectivity index (χ1v) is 13.7. The van der Waals surface area contributed by atoms with Crippen LogP contribution in [0.4, 0.5) is 13.2 Å². The SMILES string of the molecule is CCCN[C@H](CN1CC[C@H](O[Si](C)(C)C(C)(C)C)C1)c1cccc(OC(F)(F)F)c1.S.S. The number of rotatable bonds is 9. The van der Waals surface area contributed by atoms with Crippen LogP contribution in [0.1, 0.15) is 52.1 Å². The Morgan fingerprint density at radius 1 is 1.19 bits per heavy atom. The van der Waals surface area contributed by atoms with Crippen LogP contribution in [0.25, 0.3) is 0 Å². The van der Waals surface area contributed by atoms with Crippen molar-refractivity contribution >= 4 is 35.3 Å². The predicted molar refractivity (Wildman–Crippen MR) is 138 cm³/mol. The van der Waals surface area contributed by atoms with Crippen molar-refractivity contribution in [3.63, 3.8) is 0 Å². The highest BCUT2D eigenvalue weighted by molar-refractivity contribution is 7.59. The zero-order valence-electron chi connectivity index (χ0n) is 20.1. The second-order valence-corrected chi connectivity index (χ2v) is 14.4. The molecule has 4 nitrogen and oxygen atoms in total. The smallest absolute Gasteiger partial charge is 0.413 e. The minimum Gasteiger partial charge on any atom is -0.413 e. The first kappa shape index (κ1) is 31.6. The quantitative estimate of drug-likeness (QED) is 0.413. The molecule has 1 aliphatic heterocycles. The number of alkyl halides is 3. The van der Waals surface area contributed by atoms with Crippen LogP contribution in [0, 0.1) is 0 Å². The Kier molecular flexibility index (Phi) is 12.7. The third kappa shape index (κ3) is 9.85. The lowest BCUT2D eigenvalue weighted by molar-refractivity contribution is -0.274. The highest BCUT2D eigenvalue weighted by Gasteiger charge is 2.40. The van der Waals surface area contributed by atoms with Gasteiger partial charge in [-0.05, 0) is 55.2 Å². The summed E-state index contributed by atoms with van der Waals surface area (Å²) in [5.41, 5.74) is 0.805. The molecule has 1 saturated heterocycles. The molecule has 0 amide bonds. The molecule has 0 radical (unpaired) electrons.